The molecule has 25 heavy (non-hydrogen) atoms. The molecule has 0 fully saturated rings. The largest absolute Gasteiger partial charge is 0.460 e. The average Bonchev–Trinajstić information content (AvgIpc) is 2.41. The predicted octanol–water partition coefficient (Wildman–Crippen LogP) is 5.84. The summed E-state index contributed by atoms with van der Waals surface area (Å²) in [6.07, 6.45) is -8.37. The van der Waals surface area contributed by atoms with Gasteiger partial charge in [0, 0.05) is 15.9 Å². The number of halogens is 13. The van der Waals surface area contributed by atoms with Crippen LogP contribution >= 0.6 is 0 Å². The summed E-state index contributed by atoms with van der Waals surface area (Å²) < 4.78 is 165. The molecule has 0 heterocycles. The van der Waals surface area contributed by atoms with Crippen LogP contribution in [-0.2, 0) is 0 Å². The fraction of sp³-hybridized carbons (Fsp3) is 0.818. The lowest BCUT2D eigenvalue weighted by Gasteiger charge is -2.39. The second kappa shape index (κ2) is 6.99. The normalized spacial score (nSPS) is 15.4. The third-order valence-electron chi connectivity index (χ3n) is 2.90. The summed E-state index contributed by atoms with van der Waals surface area (Å²) in [5.41, 5.74) is 0. The van der Waals surface area contributed by atoms with Crippen molar-refractivity contribution < 1.29 is 57.1 Å². The van der Waals surface area contributed by atoms with Crippen molar-refractivity contribution in [2.75, 3.05) is 0 Å². The van der Waals surface area contributed by atoms with Crippen LogP contribution in [0.25, 0.3) is 0 Å². The van der Waals surface area contributed by atoms with Gasteiger partial charge in [-0.15, -0.1) is 6.58 Å². The van der Waals surface area contributed by atoms with Crippen LogP contribution < -0.4 is 0 Å². The third kappa shape index (κ3) is 3.92. The third-order valence-corrected chi connectivity index (χ3v) is 4.08. The van der Waals surface area contributed by atoms with Crippen LogP contribution in [0, 0.1) is 0 Å². The topological polar surface area (TPSA) is 0 Å². The fourth-order valence-electron chi connectivity index (χ4n) is 1.41. The molecule has 0 nitrogen and oxygen atoms in total. The van der Waals surface area contributed by atoms with E-state index in [0.29, 0.717) is 0 Å². The first kappa shape index (κ1) is 24.0. The summed E-state index contributed by atoms with van der Waals surface area (Å²) in [7, 11) is -0.557. The number of hydrogen-bond acceptors (Lipinski definition) is 0. The molecule has 0 saturated carbocycles. The minimum Gasteiger partial charge on any atom is -0.200 e. The van der Waals surface area contributed by atoms with Crippen LogP contribution in [0.15, 0.2) is 12.7 Å². The highest BCUT2D eigenvalue weighted by Gasteiger charge is 2.90. The van der Waals surface area contributed by atoms with Crippen LogP contribution in [0.4, 0.5) is 57.1 Å². The Bertz CT molecular complexity index is 465. The molecular weight excluding hydrogens is 407 g/mol. The number of alkyl halides is 13. The zero-order chi connectivity index (χ0) is 20.5. The standard InChI is InChI=1S/C11H9F13Si/c1-2-4-25-5-3-6(12,13)7(14,15)8(16,17)9(18,19)10(20,21)11(22,23)24/h2H,1,3-5H2. The van der Waals surface area contributed by atoms with Gasteiger partial charge in [-0.3, -0.25) is 0 Å². The van der Waals surface area contributed by atoms with Crippen molar-refractivity contribution in [1.29, 1.82) is 0 Å². The van der Waals surface area contributed by atoms with Crippen molar-refractivity contribution in [3.05, 3.63) is 12.7 Å². The fourth-order valence-corrected chi connectivity index (χ4v) is 2.31. The first-order valence-corrected chi connectivity index (χ1v) is 7.50. The van der Waals surface area contributed by atoms with Crippen molar-refractivity contribution >= 4 is 9.52 Å². The minimum atomic E-state index is -7.82. The van der Waals surface area contributed by atoms with Gasteiger partial charge in [0.2, 0.25) is 0 Å². The molecule has 0 saturated heterocycles. The van der Waals surface area contributed by atoms with E-state index in [1.165, 1.54) is 0 Å². The van der Waals surface area contributed by atoms with Crippen molar-refractivity contribution in [2.24, 2.45) is 0 Å². The van der Waals surface area contributed by atoms with Gasteiger partial charge >= 0.3 is 35.8 Å². The van der Waals surface area contributed by atoms with Crippen LogP contribution in [0.5, 0.6) is 0 Å². The quantitative estimate of drug-likeness (QED) is 0.192. The maximum Gasteiger partial charge on any atom is 0.460 e. The van der Waals surface area contributed by atoms with E-state index in [2.05, 4.69) is 6.58 Å². The molecule has 0 aliphatic carbocycles. The molecular formula is C11H9F13Si. The van der Waals surface area contributed by atoms with E-state index in [4.69, 9.17) is 0 Å². The Kier molecular flexibility index (Phi) is 6.72. The molecule has 0 aliphatic rings. The average molecular weight is 416 g/mol. The van der Waals surface area contributed by atoms with Crippen LogP contribution in [-0.4, -0.2) is 45.3 Å². The molecule has 0 N–H and O–H groups in total. The summed E-state index contributed by atoms with van der Waals surface area (Å²) in [6, 6.07) is -0.910. The SMILES string of the molecule is C=CC[Si]CCC(F)(F)C(F)(F)C(F)(F)C(F)(F)C(F)(F)C(F)(F)F. The monoisotopic (exact) mass is 416 g/mol. The Morgan fingerprint density at radius 1 is 0.640 bits per heavy atom. The van der Waals surface area contributed by atoms with Gasteiger partial charge in [0.25, 0.3) is 0 Å². The maximum atomic E-state index is 13.2. The van der Waals surface area contributed by atoms with Gasteiger partial charge in [0.15, 0.2) is 0 Å². The lowest BCUT2D eigenvalue weighted by Crippen LogP contribution is -2.70. The molecule has 0 bridgehead atoms. The van der Waals surface area contributed by atoms with Crippen LogP contribution in [0.1, 0.15) is 6.42 Å². The Hall–Kier alpha value is -0.953. The highest BCUT2D eigenvalue weighted by atomic mass is 28.2. The zero-order valence-electron chi connectivity index (χ0n) is 11.8. The molecule has 0 aromatic heterocycles. The van der Waals surface area contributed by atoms with Crippen molar-refractivity contribution in [3.8, 4) is 0 Å². The molecule has 14 heteroatoms. The Morgan fingerprint density at radius 2 is 1.04 bits per heavy atom. The smallest absolute Gasteiger partial charge is 0.200 e. The molecule has 0 atom stereocenters. The first-order chi connectivity index (χ1) is 10.8. The lowest BCUT2D eigenvalue weighted by molar-refractivity contribution is -0.439. The molecule has 0 aromatic carbocycles. The van der Waals surface area contributed by atoms with E-state index in [9.17, 15) is 57.1 Å². The second-order valence-corrected chi connectivity index (χ2v) is 6.15. The van der Waals surface area contributed by atoms with Gasteiger partial charge in [-0.25, -0.2) is 0 Å². The van der Waals surface area contributed by atoms with E-state index in [1.807, 2.05) is 0 Å². The summed E-state index contributed by atoms with van der Waals surface area (Å²) in [5.74, 6) is -36.3. The molecule has 0 aliphatic heterocycles. The highest BCUT2D eigenvalue weighted by Crippen LogP contribution is 2.60. The van der Waals surface area contributed by atoms with Gasteiger partial charge in [0.1, 0.15) is 0 Å². The molecule has 0 unspecified atom stereocenters. The van der Waals surface area contributed by atoms with Gasteiger partial charge in [-0.05, 0) is 6.04 Å². The molecule has 0 amide bonds. The number of rotatable bonds is 9. The number of allylic oxidation sites excluding steroid dienone is 1. The zero-order valence-corrected chi connectivity index (χ0v) is 12.8. The van der Waals surface area contributed by atoms with E-state index in [-0.39, 0.29) is 6.04 Å². The molecule has 0 aromatic rings. The van der Waals surface area contributed by atoms with E-state index >= 15 is 0 Å². The molecule has 2 radical (unpaired) electrons. The van der Waals surface area contributed by atoms with Gasteiger partial charge in [0.05, 0.1) is 0 Å². The summed E-state index contributed by atoms with van der Waals surface area (Å²) >= 11 is 0. The predicted molar refractivity (Wildman–Crippen MR) is 61.0 cm³/mol. The second-order valence-electron chi connectivity index (χ2n) is 4.74. The van der Waals surface area contributed by atoms with E-state index in [1.54, 1.807) is 0 Å². The van der Waals surface area contributed by atoms with Crippen LogP contribution in [0.2, 0.25) is 12.1 Å². The van der Waals surface area contributed by atoms with Gasteiger partial charge in [-0.1, -0.05) is 12.1 Å². The summed E-state index contributed by atoms with van der Waals surface area (Å²) in [6.45, 7) is 3.13. The van der Waals surface area contributed by atoms with Crippen molar-refractivity contribution in [1.82, 2.24) is 0 Å². The highest BCUT2D eigenvalue weighted by molar-refractivity contribution is 6.36. The Balaban J connectivity index is 5.82. The Labute approximate surface area is 134 Å². The van der Waals surface area contributed by atoms with Crippen molar-refractivity contribution in [2.45, 2.75) is 54.3 Å². The van der Waals surface area contributed by atoms with Crippen molar-refractivity contribution in [3.63, 3.8) is 0 Å². The first-order valence-electron chi connectivity index (χ1n) is 6.08. The van der Waals surface area contributed by atoms with E-state index < -0.39 is 57.8 Å². The molecule has 148 valence electrons. The number of hydrogen-bond donors (Lipinski definition) is 0. The minimum absolute atomic E-state index is 0.0135. The molecule has 0 spiro atoms. The summed E-state index contributed by atoms with van der Waals surface area (Å²) in [4.78, 5) is 0. The van der Waals surface area contributed by atoms with Crippen LogP contribution in [0.3, 0.4) is 0 Å². The summed E-state index contributed by atoms with van der Waals surface area (Å²) in [5, 5.41) is 0. The van der Waals surface area contributed by atoms with E-state index in [0.717, 1.165) is 6.08 Å². The van der Waals surface area contributed by atoms with Gasteiger partial charge < -0.3 is 0 Å². The maximum absolute atomic E-state index is 13.2. The van der Waals surface area contributed by atoms with Gasteiger partial charge in [-0.2, -0.15) is 57.1 Å². The molecule has 0 rings (SSSR count). The Morgan fingerprint density at radius 3 is 1.40 bits per heavy atom. The lowest BCUT2D eigenvalue weighted by atomic mass is 9.93.